The molecule has 1 heterocycles. The van der Waals surface area contributed by atoms with E-state index in [-0.39, 0.29) is 26.4 Å². The summed E-state index contributed by atoms with van der Waals surface area (Å²) in [4.78, 5) is 4.12. The van der Waals surface area contributed by atoms with Crippen LogP contribution in [0.5, 0.6) is 17.2 Å². The number of nitrogens with zero attached hydrogens (tertiary/aromatic N) is 2. The van der Waals surface area contributed by atoms with Gasteiger partial charge in [-0.3, -0.25) is 0 Å². The van der Waals surface area contributed by atoms with Crippen molar-refractivity contribution in [3.63, 3.8) is 0 Å². The van der Waals surface area contributed by atoms with Crippen LogP contribution < -0.4 is 14.2 Å². The third kappa shape index (κ3) is 9.80. The van der Waals surface area contributed by atoms with E-state index in [1.54, 1.807) is 30.5 Å². The fraction of sp³-hybridized carbons (Fsp3) is 0.314. The van der Waals surface area contributed by atoms with Gasteiger partial charge in [0.15, 0.2) is 0 Å². The monoisotopic (exact) mass is 822 g/mol. The number of aromatic nitrogens is 1. The normalized spacial score (nSPS) is 11.6. The molecule has 1 aromatic heterocycles. The number of aliphatic hydroxyl groups excluding tert-OH is 2. The molecule has 12 heteroatoms. The van der Waals surface area contributed by atoms with Gasteiger partial charge in [-0.2, -0.15) is 0 Å². The molecule has 0 bridgehead atoms. The second-order valence-corrected chi connectivity index (χ2v) is 17.1. The van der Waals surface area contributed by atoms with Gasteiger partial charge in [0.25, 0.3) is 0 Å². The van der Waals surface area contributed by atoms with Crippen LogP contribution in [0.25, 0.3) is 11.1 Å². The number of rotatable bonds is 16. The molecule has 4 aromatic rings. The van der Waals surface area contributed by atoms with Crippen LogP contribution in [-0.4, -0.2) is 56.1 Å². The Balaban J connectivity index is 1.61. The van der Waals surface area contributed by atoms with Crippen molar-refractivity contribution in [1.29, 1.82) is 5.26 Å². The molecular weight excluding hydrogens is 790 g/mol. The van der Waals surface area contributed by atoms with E-state index in [0.29, 0.717) is 55.1 Å². The van der Waals surface area contributed by atoms with E-state index in [1.807, 2.05) is 38.1 Å². The van der Waals surface area contributed by atoms with Crippen LogP contribution in [0.3, 0.4) is 0 Å². The van der Waals surface area contributed by atoms with Crippen LogP contribution in [-0.2, 0) is 18.4 Å². The Morgan fingerprint density at radius 1 is 0.915 bits per heavy atom. The first-order chi connectivity index (χ1) is 22.6. The first-order valence-corrected chi connectivity index (χ1v) is 19.6. The van der Waals surface area contributed by atoms with E-state index >= 15 is 0 Å². The molecule has 0 fully saturated rings. The fourth-order valence-corrected chi connectivity index (χ4v) is 8.05. The summed E-state index contributed by atoms with van der Waals surface area (Å²) in [5.41, 5.74) is 5.20. The van der Waals surface area contributed by atoms with Crippen molar-refractivity contribution in [2.45, 2.75) is 42.9 Å². The third-order valence-electron chi connectivity index (χ3n) is 7.48. The van der Waals surface area contributed by atoms with Gasteiger partial charge in [0, 0.05) is 5.33 Å². The predicted molar refractivity (Wildman–Crippen MR) is 193 cm³/mol. The molecule has 0 saturated heterocycles. The summed E-state index contributed by atoms with van der Waals surface area (Å²) in [6, 6.07) is 16.8. The summed E-state index contributed by atoms with van der Waals surface area (Å²) in [7, 11) is 0. The van der Waals surface area contributed by atoms with Gasteiger partial charge in [0.05, 0.1) is 6.61 Å². The maximum atomic E-state index is 9.85. The summed E-state index contributed by atoms with van der Waals surface area (Å²) in [5, 5.41) is 31.8. The molecule has 47 heavy (non-hydrogen) atoms. The first-order valence-electron chi connectivity index (χ1n) is 14.8. The third-order valence-corrected chi connectivity index (χ3v) is 12.7. The number of benzene rings is 3. The number of nitriles is 1. The SMILES string of the molecule is Cc1c(OCCCBr)cccc1-c1c(Cl)ccc(COc2cc(OCc3cncc(C#N)c3)c(C[AsH]C(C)(CO)CO)cc2Cl)c1Cl. The molecule has 248 valence electrons. The van der Waals surface area contributed by atoms with E-state index in [1.165, 1.54) is 6.20 Å². The Bertz CT molecular complexity index is 1730. The molecule has 4 rings (SSSR count). The van der Waals surface area contributed by atoms with Gasteiger partial charge in [-0.15, -0.1) is 0 Å². The zero-order valence-corrected chi connectivity index (χ0v) is 31.9. The molecule has 0 amide bonds. The zero-order chi connectivity index (χ0) is 34.0. The Morgan fingerprint density at radius 3 is 2.40 bits per heavy atom. The van der Waals surface area contributed by atoms with Crippen molar-refractivity contribution in [3.05, 3.63) is 104 Å². The van der Waals surface area contributed by atoms with Gasteiger partial charge in [0.2, 0.25) is 0 Å². The standard InChI is InChI=1S/C35H35AsBrCl3N2O5/c1-22-27(5-3-6-30(22)45-10-4-9-37)33-28(38)8-7-25(34(33)40)19-47-32-13-31(46-18-24-11-23(15-41)16-42-17-24)26(12-29(32)39)14-36-35(2,20-43)21-44/h3,5-8,11-13,16-17,36,43-44H,4,9-10,14,18-21H2,1-2H3. The molecule has 0 aliphatic carbocycles. The van der Waals surface area contributed by atoms with Gasteiger partial charge < -0.3 is 4.74 Å². The van der Waals surface area contributed by atoms with Gasteiger partial charge in [0.1, 0.15) is 5.75 Å². The molecular formula is C35H35AsBrCl3N2O5. The number of hydrogen-bond donors (Lipinski definition) is 2. The van der Waals surface area contributed by atoms with Crippen LogP contribution in [0.15, 0.2) is 60.9 Å². The van der Waals surface area contributed by atoms with E-state index in [2.05, 4.69) is 27.0 Å². The summed E-state index contributed by atoms with van der Waals surface area (Å²) >= 11 is 23.0. The topological polar surface area (TPSA) is 105 Å². The molecule has 1 atom stereocenters. The molecule has 2 N–H and O–H groups in total. The Kier molecular flexibility index (Phi) is 14.1. The van der Waals surface area contributed by atoms with Crippen molar-refractivity contribution in [2.75, 3.05) is 25.2 Å². The Hall–Kier alpha value is -2.47. The molecule has 3 aromatic carbocycles. The number of ether oxygens (including phenoxy) is 3. The number of pyridine rings is 1. The second-order valence-electron chi connectivity index (χ2n) is 11.1. The Labute approximate surface area is 305 Å². The summed E-state index contributed by atoms with van der Waals surface area (Å²) in [6.07, 6.45) is 4.01. The van der Waals surface area contributed by atoms with E-state index in [4.69, 9.17) is 49.0 Å². The molecule has 0 radical (unpaired) electrons. The van der Waals surface area contributed by atoms with Crippen LogP contribution in [0.2, 0.25) is 19.3 Å². The quantitative estimate of drug-likeness (QED) is 0.0666. The minimum absolute atomic E-state index is 0.108. The van der Waals surface area contributed by atoms with Gasteiger partial charge in [-0.05, 0) is 19.4 Å². The van der Waals surface area contributed by atoms with E-state index in [0.717, 1.165) is 39.8 Å². The minimum atomic E-state index is -0.843. The maximum absolute atomic E-state index is 9.85. The van der Waals surface area contributed by atoms with Crippen LogP contribution in [0, 0.1) is 18.3 Å². The fourth-order valence-electron chi connectivity index (χ4n) is 4.61. The van der Waals surface area contributed by atoms with Crippen LogP contribution >= 0.6 is 50.7 Å². The molecule has 1 unspecified atom stereocenters. The Morgan fingerprint density at radius 2 is 1.68 bits per heavy atom. The van der Waals surface area contributed by atoms with E-state index in [9.17, 15) is 15.5 Å². The molecule has 7 nitrogen and oxygen atoms in total. The van der Waals surface area contributed by atoms with Crippen LogP contribution in [0.4, 0.5) is 0 Å². The number of aliphatic hydroxyl groups is 2. The molecule has 0 saturated carbocycles. The van der Waals surface area contributed by atoms with E-state index < -0.39 is 20.0 Å². The van der Waals surface area contributed by atoms with Crippen molar-refractivity contribution < 1.29 is 24.4 Å². The average Bonchev–Trinajstić information content (AvgIpc) is 3.08. The average molecular weight is 825 g/mol. The summed E-state index contributed by atoms with van der Waals surface area (Å²) in [5.74, 6) is 1.71. The van der Waals surface area contributed by atoms with Crippen molar-refractivity contribution in [1.82, 2.24) is 4.98 Å². The summed E-state index contributed by atoms with van der Waals surface area (Å²) < 4.78 is 17.9. The van der Waals surface area contributed by atoms with Crippen molar-refractivity contribution in [3.8, 4) is 34.4 Å². The zero-order valence-electron chi connectivity index (χ0n) is 26.0. The molecule has 0 spiro atoms. The van der Waals surface area contributed by atoms with Crippen molar-refractivity contribution in [2.24, 2.45) is 0 Å². The number of halogens is 4. The number of hydrogen-bond acceptors (Lipinski definition) is 7. The summed E-state index contributed by atoms with van der Waals surface area (Å²) in [6.45, 7) is 4.48. The van der Waals surface area contributed by atoms with Crippen LogP contribution in [0.1, 0.15) is 41.2 Å². The predicted octanol–water partition coefficient (Wildman–Crippen LogP) is 8.31. The van der Waals surface area contributed by atoms with Gasteiger partial charge >= 0.3 is 244 Å². The second kappa shape index (κ2) is 17.8. The first kappa shape index (κ1) is 37.3. The van der Waals surface area contributed by atoms with Gasteiger partial charge in [-0.25, -0.2) is 0 Å². The molecule has 0 aliphatic rings. The number of alkyl halides is 1. The van der Waals surface area contributed by atoms with Gasteiger partial charge in [-0.1, -0.05) is 22.0 Å². The molecule has 0 aliphatic heterocycles. The van der Waals surface area contributed by atoms with Crippen molar-refractivity contribution >= 4 is 66.5 Å².